The van der Waals surface area contributed by atoms with Crippen LogP contribution in [0.4, 0.5) is 16.0 Å². The molecule has 0 radical (unpaired) electrons. The van der Waals surface area contributed by atoms with Gasteiger partial charge in [0.25, 0.3) is 5.91 Å². The van der Waals surface area contributed by atoms with E-state index in [1.165, 1.54) is 12.1 Å². The fourth-order valence-corrected chi connectivity index (χ4v) is 2.98. The Labute approximate surface area is 170 Å². The van der Waals surface area contributed by atoms with Crippen molar-refractivity contribution >= 4 is 17.5 Å². The summed E-state index contributed by atoms with van der Waals surface area (Å²) in [6.07, 6.45) is 0. The topological polar surface area (TPSA) is 66.9 Å². The Balaban J connectivity index is 1.78. The molecule has 1 amide bonds. The average Bonchev–Trinajstić information content (AvgIpc) is 2.66. The number of rotatable bonds is 5. The number of para-hydroxylation sites is 1. The predicted octanol–water partition coefficient (Wildman–Crippen LogP) is 4.90. The van der Waals surface area contributed by atoms with Gasteiger partial charge in [-0.15, -0.1) is 0 Å². The van der Waals surface area contributed by atoms with Crippen LogP contribution in [0.3, 0.4) is 0 Å². The zero-order valence-corrected chi connectivity index (χ0v) is 17.1. The maximum atomic E-state index is 13.0. The van der Waals surface area contributed by atoms with Crippen LogP contribution in [-0.2, 0) is 12.0 Å². The van der Waals surface area contributed by atoms with Crippen molar-refractivity contribution < 1.29 is 9.18 Å². The Morgan fingerprint density at radius 3 is 2.41 bits per heavy atom. The molecule has 1 aromatic heterocycles. The Kier molecular flexibility index (Phi) is 5.92. The zero-order chi connectivity index (χ0) is 21.0. The van der Waals surface area contributed by atoms with Crippen LogP contribution in [0.5, 0.6) is 0 Å². The van der Waals surface area contributed by atoms with E-state index in [-0.39, 0.29) is 29.4 Å². The quantitative estimate of drug-likeness (QED) is 0.648. The van der Waals surface area contributed by atoms with Crippen LogP contribution >= 0.6 is 0 Å². The number of halogens is 1. The first-order valence-electron chi connectivity index (χ1n) is 9.47. The summed E-state index contributed by atoms with van der Waals surface area (Å²) in [5.41, 5.74) is 3.75. The fraction of sp³-hybridized carbons (Fsp3) is 0.261. The lowest BCUT2D eigenvalue weighted by atomic mass is 9.86. The van der Waals surface area contributed by atoms with Crippen molar-refractivity contribution in [1.29, 1.82) is 0 Å². The molecule has 0 fully saturated rings. The number of aromatic nitrogens is 2. The minimum absolute atomic E-state index is 0.0528. The predicted molar refractivity (Wildman–Crippen MR) is 113 cm³/mol. The third-order valence-corrected chi connectivity index (χ3v) is 4.43. The lowest BCUT2D eigenvalue weighted by molar-refractivity contribution is 0.0945. The molecule has 29 heavy (non-hydrogen) atoms. The van der Waals surface area contributed by atoms with Crippen LogP contribution < -0.4 is 10.6 Å². The van der Waals surface area contributed by atoms with E-state index in [0.717, 1.165) is 16.8 Å². The van der Waals surface area contributed by atoms with E-state index < -0.39 is 0 Å². The molecule has 0 saturated heterocycles. The van der Waals surface area contributed by atoms with Gasteiger partial charge in [0.2, 0.25) is 5.95 Å². The van der Waals surface area contributed by atoms with Crippen molar-refractivity contribution in [2.24, 2.45) is 0 Å². The Morgan fingerprint density at radius 2 is 1.72 bits per heavy atom. The minimum atomic E-state index is -0.313. The summed E-state index contributed by atoms with van der Waals surface area (Å²) in [4.78, 5) is 21.4. The van der Waals surface area contributed by atoms with Crippen LogP contribution in [0.1, 0.15) is 48.1 Å². The van der Waals surface area contributed by atoms with Gasteiger partial charge < -0.3 is 10.6 Å². The molecule has 1 heterocycles. The molecule has 5 nitrogen and oxygen atoms in total. The van der Waals surface area contributed by atoms with Gasteiger partial charge in [-0.05, 0) is 47.7 Å². The molecule has 0 bridgehead atoms. The van der Waals surface area contributed by atoms with Gasteiger partial charge in [-0.2, -0.15) is 0 Å². The van der Waals surface area contributed by atoms with E-state index in [1.807, 2.05) is 25.1 Å². The number of carbonyl (C=O) groups excluding carboxylic acids is 1. The number of benzene rings is 2. The molecule has 2 N–H and O–H groups in total. The van der Waals surface area contributed by atoms with E-state index in [0.29, 0.717) is 11.6 Å². The second-order valence-corrected chi connectivity index (χ2v) is 7.95. The molecule has 0 atom stereocenters. The summed E-state index contributed by atoms with van der Waals surface area (Å²) in [7, 11) is 0. The van der Waals surface area contributed by atoms with Gasteiger partial charge in [0.1, 0.15) is 11.5 Å². The fourth-order valence-electron chi connectivity index (χ4n) is 2.98. The standard InChI is InChI=1S/C23H25FN4O/c1-15-13-20(21(29)25-14-16-9-11-17(24)12-10-16)28-22(26-15)27-19-8-6-5-7-18(19)23(2,3)4/h5-13H,14H2,1-4H3,(H,25,29)(H,26,27,28). The number of nitrogens with zero attached hydrogens (tertiary/aromatic N) is 2. The van der Waals surface area contributed by atoms with Gasteiger partial charge in [0.05, 0.1) is 0 Å². The normalized spacial score (nSPS) is 11.2. The van der Waals surface area contributed by atoms with Gasteiger partial charge >= 0.3 is 0 Å². The van der Waals surface area contributed by atoms with Crippen molar-refractivity contribution in [3.63, 3.8) is 0 Å². The first-order valence-corrected chi connectivity index (χ1v) is 9.47. The van der Waals surface area contributed by atoms with E-state index in [2.05, 4.69) is 47.4 Å². The van der Waals surface area contributed by atoms with Crippen LogP contribution in [0.2, 0.25) is 0 Å². The van der Waals surface area contributed by atoms with Crippen molar-refractivity contribution in [2.45, 2.75) is 39.7 Å². The molecule has 150 valence electrons. The third-order valence-electron chi connectivity index (χ3n) is 4.43. The molecule has 0 aliphatic carbocycles. The van der Waals surface area contributed by atoms with Crippen molar-refractivity contribution in [3.8, 4) is 0 Å². The van der Waals surface area contributed by atoms with E-state index >= 15 is 0 Å². The van der Waals surface area contributed by atoms with Crippen LogP contribution in [0.15, 0.2) is 54.6 Å². The molecular weight excluding hydrogens is 367 g/mol. The Hall–Kier alpha value is -3.28. The molecule has 0 aliphatic rings. The smallest absolute Gasteiger partial charge is 0.270 e. The molecule has 0 saturated carbocycles. The summed E-state index contributed by atoms with van der Waals surface area (Å²) >= 11 is 0. The highest BCUT2D eigenvalue weighted by Crippen LogP contribution is 2.30. The summed E-state index contributed by atoms with van der Waals surface area (Å²) in [6.45, 7) is 8.52. The highest BCUT2D eigenvalue weighted by atomic mass is 19.1. The third kappa shape index (κ3) is 5.38. The monoisotopic (exact) mass is 392 g/mol. The minimum Gasteiger partial charge on any atom is -0.347 e. The van der Waals surface area contributed by atoms with Gasteiger partial charge in [-0.1, -0.05) is 51.1 Å². The number of amides is 1. The average molecular weight is 392 g/mol. The van der Waals surface area contributed by atoms with Gasteiger partial charge in [0.15, 0.2) is 0 Å². The lowest BCUT2D eigenvalue weighted by Crippen LogP contribution is -2.24. The van der Waals surface area contributed by atoms with Gasteiger partial charge in [0, 0.05) is 17.9 Å². The highest BCUT2D eigenvalue weighted by molar-refractivity contribution is 5.92. The Morgan fingerprint density at radius 1 is 1.03 bits per heavy atom. The van der Waals surface area contributed by atoms with Gasteiger partial charge in [-0.25, -0.2) is 14.4 Å². The van der Waals surface area contributed by atoms with Crippen LogP contribution in [-0.4, -0.2) is 15.9 Å². The molecule has 0 unspecified atom stereocenters. The van der Waals surface area contributed by atoms with Crippen molar-refractivity contribution in [1.82, 2.24) is 15.3 Å². The molecule has 0 spiro atoms. The molecule has 3 rings (SSSR count). The second-order valence-electron chi connectivity index (χ2n) is 7.95. The van der Waals surface area contributed by atoms with E-state index in [4.69, 9.17) is 0 Å². The molecule has 3 aromatic rings. The maximum Gasteiger partial charge on any atom is 0.270 e. The molecule has 0 aliphatic heterocycles. The largest absolute Gasteiger partial charge is 0.347 e. The summed E-state index contributed by atoms with van der Waals surface area (Å²) < 4.78 is 13.0. The van der Waals surface area contributed by atoms with E-state index in [1.54, 1.807) is 18.2 Å². The highest BCUT2D eigenvalue weighted by Gasteiger charge is 2.18. The summed E-state index contributed by atoms with van der Waals surface area (Å²) in [6, 6.07) is 15.6. The van der Waals surface area contributed by atoms with Gasteiger partial charge in [-0.3, -0.25) is 4.79 Å². The first kappa shape index (κ1) is 20.5. The number of nitrogens with one attached hydrogen (secondary N) is 2. The van der Waals surface area contributed by atoms with Crippen LogP contribution in [0.25, 0.3) is 0 Å². The molecule has 6 heteroatoms. The van der Waals surface area contributed by atoms with Crippen molar-refractivity contribution in [3.05, 3.63) is 82.9 Å². The molecular formula is C23H25FN4O. The van der Waals surface area contributed by atoms with Crippen LogP contribution in [0, 0.1) is 12.7 Å². The number of carbonyl (C=O) groups is 1. The zero-order valence-electron chi connectivity index (χ0n) is 17.1. The summed E-state index contributed by atoms with van der Waals surface area (Å²) in [5, 5.41) is 6.06. The maximum absolute atomic E-state index is 13.0. The number of anilines is 2. The summed E-state index contributed by atoms with van der Waals surface area (Å²) in [5.74, 6) is -0.252. The number of hydrogen-bond acceptors (Lipinski definition) is 4. The van der Waals surface area contributed by atoms with Crippen molar-refractivity contribution in [2.75, 3.05) is 5.32 Å². The lowest BCUT2D eigenvalue weighted by Gasteiger charge is -2.23. The SMILES string of the molecule is Cc1cc(C(=O)NCc2ccc(F)cc2)nc(Nc2ccccc2C(C)(C)C)n1. The van der Waals surface area contributed by atoms with E-state index in [9.17, 15) is 9.18 Å². The number of hydrogen-bond donors (Lipinski definition) is 2. The molecule has 2 aromatic carbocycles. The number of aryl methyl sites for hydroxylation is 1. The second kappa shape index (κ2) is 8.39. The first-order chi connectivity index (χ1) is 13.7. The Bertz CT molecular complexity index is 1010.